The third-order valence-electron chi connectivity index (χ3n) is 6.41. The number of carbonyl (C=O) groups excluding carboxylic acids is 1. The van der Waals surface area contributed by atoms with Gasteiger partial charge < -0.3 is 9.72 Å². The van der Waals surface area contributed by atoms with Crippen molar-refractivity contribution in [2.75, 3.05) is 20.2 Å². The van der Waals surface area contributed by atoms with Crippen LogP contribution in [0, 0.1) is 5.41 Å². The first kappa shape index (κ1) is 16.6. The van der Waals surface area contributed by atoms with E-state index < -0.39 is 0 Å². The van der Waals surface area contributed by atoms with Crippen molar-refractivity contribution in [3.05, 3.63) is 35.5 Å². The van der Waals surface area contributed by atoms with Gasteiger partial charge in [0, 0.05) is 29.6 Å². The van der Waals surface area contributed by atoms with Gasteiger partial charge in [-0.15, -0.1) is 0 Å². The summed E-state index contributed by atoms with van der Waals surface area (Å²) in [5.41, 5.74) is 4.33. The summed E-state index contributed by atoms with van der Waals surface area (Å²) in [6, 6.07) is 9.07. The first-order valence-electron chi connectivity index (χ1n) is 9.59. The zero-order valence-corrected chi connectivity index (χ0v) is 15.3. The van der Waals surface area contributed by atoms with Crippen molar-refractivity contribution in [1.29, 1.82) is 0 Å². The second-order valence-corrected chi connectivity index (χ2v) is 7.69. The molecule has 2 aromatic rings. The third-order valence-corrected chi connectivity index (χ3v) is 6.41. The van der Waals surface area contributed by atoms with E-state index in [-0.39, 0.29) is 11.4 Å². The average Bonchev–Trinajstić information content (AvgIpc) is 3.19. The van der Waals surface area contributed by atoms with Crippen LogP contribution in [0.4, 0.5) is 0 Å². The molecule has 2 atom stereocenters. The Labute approximate surface area is 149 Å². The smallest absolute Gasteiger partial charge is 0.305 e. The SMILES string of the molecule is CCCC1(CCC(=O)OC)CCN2CCc3c([nH]c4ccccc34)C21. The van der Waals surface area contributed by atoms with Crippen molar-refractivity contribution in [1.82, 2.24) is 9.88 Å². The minimum Gasteiger partial charge on any atom is -0.469 e. The van der Waals surface area contributed by atoms with Gasteiger partial charge in [-0.2, -0.15) is 0 Å². The van der Waals surface area contributed by atoms with Gasteiger partial charge in [-0.25, -0.2) is 0 Å². The molecule has 1 N–H and O–H groups in total. The Balaban J connectivity index is 1.75. The second kappa shape index (κ2) is 6.49. The fourth-order valence-corrected chi connectivity index (χ4v) is 5.33. The summed E-state index contributed by atoms with van der Waals surface area (Å²) in [6.45, 7) is 4.53. The highest BCUT2D eigenvalue weighted by atomic mass is 16.5. The fourth-order valence-electron chi connectivity index (χ4n) is 5.33. The van der Waals surface area contributed by atoms with E-state index in [1.165, 1.54) is 42.1 Å². The number of H-pyrrole nitrogens is 1. The lowest BCUT2D eigenvalue weighted by Gasteiger charge is -2.41. The van der Waals surface area contributed by atoms with Gasteiger partial charge >= 0.3 is 5.97 Å². The minimum atomic E-state index is -0.0818. The maximum Gasteiger partial charge on any atom is 0.305 e. The molecule has 0 saturated carbocycles. The first-order valence-corrected chi connectivity index (χ1v) is 9.59. The lowest BCUT2D eigenvalue weighted by atomic mass is 9.70. The molecule has 0 bridgehead atoms. The molecule has 25 heavy (non-hydrogen) atoms. The molecule has 0 radical (unpaired) electrons. The highest BCUT2D eigenvalue weighted by Crippen LogP contribution is 2.55. The number of nitrogens with one attached hydrogen (secondary N) is 1. The van der Waals surface area contributed by atoms with Gasteiger partial charge in [-0.3, -0.25) is 9.69 Å². The number of nitrogens with zero attached hydrogens (tertiary/aromatic N) is 1. The van der Waals surface area contributed by atoms with Gasteiger partial charge in [0.1, 0.15) is 0 Å². The predicted molar refractivity (Wildman–Crippen MR) is 99.5 cm³/mol. The molecule has 1 aromatic carbocycles. The zero-order chi connectivity index (χ0) is 17.4. The van der Waals surface area contributed by atoms with Crippen LogP contribution >= 0.6 is 0 Å². The second-order valence-electron chi connectivity index (χ2n) is 7.69. The summed E-state index contributed by atoms with van der Waals surface area (Å²) < 4.78 is 4.93. The largest absolute Gasteiger partial charge is 0.469 e. The number of para-hydroxylation sites is 1. The Morgan fingerprint density at radius 3 is 2.96 bits per heavy atom. The number of aromatic nitrogens is 1. The van der Waals surface area contributed by atoms with E-state index >= 15 is 0 Å². The summed E-state index contributed by atoms with van der Waals surface area (Å²) in [5.74, 6) is -0.0818. The lowest BCUT2D eigenvalue weighted by Crippen LogP contribution is -2.37. The molecule has 2 aliphatic heterocycles. The predicted octanol–water partition coefficient (Wildman–Crippen LogP) is 4.21. The molecular weight excluding hydrogens is 312 g/mol. The van der Waals surface area contributed by atoms with Crippen LogP contribution in [-0.2, 0) is 16.0 Å². The summed E-state index contributed by atoms with van der Waals surface area (Å²) in [6.07, 6.45) is 6.06. The van der Waals surface area contributed by atoms with Crippen molar-refractivity contribution in [3.63, 3.8) is 0 Å². The van der Waals surface area contributed by atoms with Crippen LogP contribution in [0.25, 0.3) is 10.9 Å². The molecule has 1 saturated heterocycles. The molecule has 4 heteroatoms. The number of esters is 1. The highest BCUT2D eigenvalue weighted by Gasteiger charge is 2.50. The number of hydrogen-bond acceptors (Lipinski definition) is 3. The highest BCUT2D eigenvalue weighted by molar-refractivity contribution is 5.85. The standard InChI is InChI=1S/C21H28N2O2/c1-3-10-21(11-8-18(24)25-2)12-14-23-13-9-16-15-6-4-5-7-17(15)22-19(16)20(21)23/h4-7,20,22H,3,8-14H2,1-2H3. The van der Waals surface area contributed by atoms with Crippen molar-refractivity contribution in [2.45, 2.75) is 51.5 Å². The number of hydrogen-bond donors (Lipinski definition) is 1. The molecular formula is C21H28N2O2. The monoisotopic (exact) mass is 340 g/mol. The topological polar surface area (TPSA) is 45.3 Å². The zero-order valence-electron chi connectivity index (χ0n) is 15.3. The minimum absolute atomic E-state index is 0.0818. The number of benzene rings is 1. The van der Waals surface area contributed by atoms with E-state index in [0.29, 0.717) is 12.5 Å². The van der Waals surface area contributed by atoms with Crippen molar-refractivity contribution in [3.8, 4) is 0 Å². The van der Waals surface area contributed by atoms with E-state index in [1.54, 1.807) is 0 Å². The van der Waals surface area contributed by atoms with Crippen LogP contribution in [0.1, 0.15) is 56.3 Å². The van der Waals surface area contributed by atoms with E-state index in [9.17, 15) is 4.79 Å². The summed E-state index contributed by atoms with van der Waals surface area (Å²) in [5, 5.41) is 1.38. The molecule has 3 heterocycles. The molecule has 134 valence electrons. The summed E-state index contributed by atoms with van der Waals surface area (Å²) in [4.78, 5) is 18.2. The number of rotatable bonds is 5. The number of carbonyl (C=O) groups is 1. The molecule has 0 aliphatic carbocycles. The van der Waals surface area contributed by atoms with Gasteiger partial charge in [0.25, 0.3) is 0 Å². The van der Waals surface area contributed by atoms with Gasteiger partial charge in [0.15, 0.2) is 0 Å². The Hall–Kier alpha value is -1.81. The molecule has 1 fully saturated rings. The van der Waals surface area contributed by atoms with E-state index in [2.05, 4.69) is 41.1 Å². The van der Waals surface area contributed by atoms with Crippen LogP contribution in [0.2, 0.25) is 0 Å². The van der Waals surface area contributed by atoms with Crippen LogP contribution in [-0.4, -0.2) is 36.1 Å². The van der Waals surface area contributed by atoms with Crippen LogP contribution in [0.5, 0.6) is 0 Å². The fraction of sp³-hybridized carbons (Fsp3) is 0.571. The van der Waals surface area contributed by atoms with Crippen LogP contribution in [0.3, 0.4) is 0 Å². The maximum atomic E-state index is 11.8. The normalized spacial score (nSPS) is 25.8. The number of methoxy groups -OCH3 is 1. The van der Waals surface area contributed by atoms with Gasteiger partial charge in [-0.1, -0.05) is 31.5 Å². The van der Waals surface area contributed by atoms with E-state index in [4.69, 9.17) is 4.74 Å². The lowest BCUT2D eigenvalue weighted by molar-refractivity contribution is -0.141. The van der Waals surface area contributed by atoms with Gasteiger partial charge in [-0.05, 0) is 49.3 Å². The number of fused-ring (bicyclic) bond motifs is 5. The Kier molecular flexibility index (Phi) is 4.32. The Morgan fingerprint density at radius 2 is 2.16 bits per heavy atom. The van der Waals surface area contributed by atoms with Crippen molar-refractivity contribution in [2.24, 2.45) is 5.41 Å². The van der Waals surface area contributed by atoms with Gasteiger partial charge in [0.2, 0.25) is 0 Å². The Bertz CT molecular complexity index is 781. The maximum absolute atomic E-state index is 11.8. The molecule has 1 aromatic heterocycles. The summed E-state index contributed by atoms with van der Waals surface area (Å²) >= 11 is 0. The van der Waals surface area contributed by atoms with Crippen LogP contribution in [0.15, 0.2) is 24.3 Å². The number of ether oxygens (including phenoxy) is 1. The first-order chi connectivity index (χ1) is 12.2. The molecule has 2 aliphatic rings. The molecule has 0 spiro atoms. The molecule has 4 nitrogen and oxygen atoms in total. The van der Waals surface area contributed by atoms with Crippen LogP contribution < -0.4 is 0 Å². The summed E-state index contributed by atoms with van der Waals surface area (Å²) in [7, 11) is 1.49. The third kappa shape index (κ3) is 2.67. The molecule has 0 amide bonds. The number of aromatic amines is 1. The van der Waals surface area contributed by atoms with E-state index in [1.807, 2.05) is 0 Å². The van der Waals surface area contributed by atoms with Crippen molar-refractivity contribution >= 4 is 16.9 Å². The van der Waals surface area contributed by atoms with E-state index in [0.717, 1.165) is 32.4 Å². The average molecular weight is 340 g/mol. The van der Waals surface area contributed by atoms with Crippen molar-refractivity contribution < 1.29 is 9.53 Å². The molecule has 4 rings (SSSR count). The Morgan fingerprint density at radius 1 is 1.32 bits per heavy atom. The quantitative estimate of drug-likeness (QED) is 0.829. The molecule has 2 unspecified atom stereocenters. The van der Waals surface area contributed by atoms with Gasteiger partial charge in [0.05, 0.1) is 13.2 Å².